The summed E-state index contributed by atoms with van der Waals surface area (Å²) in [6, 6.07) is 1.49. The number of carbonyl (C=O) groups is 1. The Morgan fingerprint density at radius 1 is 1.44 bits per heavy atom. The lowest BCUT2D eigenvalue weighted by Gasteiger charge is -2.12. The van der Waals surface area contributed by atoms with Crippen molar-refractivity contribution in [2.75, 3.05) is 19.0 Å². The Labute approximate surface area is 103 Å². The van der Waals surface area contributed by atoms with E-state index in [4.69, 9.17) is 0 Å². The summed E-state index contributed by atoms with van der Waals surface area (Å²) in [6.07, 6.45) is 1.60. The van der Waals surface area contributed by atoms with Crippen molar-refractivity contribution in [1.82, 2.24) is 5.32 Å². The summed E-state index contributed by atoms with van der Waals surface area (Å²) in [7, 11) is 1.25. The first-order valence-electron chi connectivity index (χ1n) is 5.69. The molecule has 1 heterocycles. The number of anilines is 1. The van der Waals surface area contributed by atoms with Crippen LogP contribution in [0.1, 0.15) is 12.8 Å². The van der Waals surface area contributed by atoms with Crippen LogP contribution in [0.3, 0.4) is 0 Å². The molecular weight excluding hydrogens is 242 g/mol. The van der Waals surface area contributed by atoms with Gasteiger partial charge in [0.15, 0.2) is 17.4 Å². The van der Waals surface area contributed by atoms with Gasteiger partial charge < -0.3 is 15.4 Å². The Morgan fingerprint density at radius 2 is 2.22 bits per heavy atom. The fourth-order valence-corrected chi connectivity index (χ4v) is 1.91. The number of amides is 1. The molecule has 1 unspecified atom stereocenters. The van der Waals surface area contributed by atoms with Gasteiger partial charge in [0.1, 0.15) is 0 Å². The lowest BCUT2D eigenvalue weighted by Crippen LogP contribution is -2.35. The molecule has 2 N–H and O–H groups in total. The summed E-state index contributed by atoms with van der Waals surface area (Å²) >= 11 is 0. The van der Waals surface area contributed by atoms with Crippen LogP contribution < -0.4 is 15.4 Å². The number of methoxy groups -OCH3 is 1. The Hall–Kier alpha value is -1.69. The smallest absolute Gasteiger partial charge is 0.241 e. The molecule has 0 aliphatic carbocycles. The molecule has 1 aromatic rings. The minimum atomic E-state index is -0.723. The lowest BCUT2D eigenvalue weighted by atomic mass is 10.2. The number of rotatable bonds is 3. The summed E-state index contributed by atoms with van der Waals surface area (Å²) in [5.41, 5.74) is -0.174. The fraction of sp³-hybridized carbons (Fsp3) is 0.417. The Kier molecular flexibility index (Phi) is 3.76. The van der Waals surface area contributed by atoms with E-state index in [0.29, 0.717) is 6.42 Å². The highest BCUT2D eigenvalue weighted by Gasteiger charge is 2.23. The predicted molar refractivity (Wildman–Crippen MR) is 62.6 cm³/mol. The van der Waals surface area contributed by atoms with Crippen molar-refractivity contribution in [2.24, 2.45) is 0 Å². The standard InChI is InChI=1S/C12H14F2N2O2/c1-18-11-6-7(13)10(5-8(11)14)16-12(17)9-3-2-4-15-9/h5-6,9,15H,2-4H2,1H3,(H,16,17). The van der Waals surface area contributed by atoms with Gasteiger partial charge >= 0.3 is 0 Å². The molecule has 1 aliphatic heterocycles. The SMILES string of the molecule is COc1cc(F)c(NC(=O)C2CCCN2)cc1F. The monoisotopic (exact) mass is 256 g/mol. The van der Waals surface area contributed by atoms with Gasteiger partial charge in [-0.2, -0.15) is 0 Å². The number of hydrogen-bond acceptors (Lipinski definition) is 3. The minimum Gasteiger partial charge on any atom is -0.494 e. The van der Waals surface area contributed by atoms with E-state index in [1.165, 1.54) is 7.11 Å². The van der Waals surface area contributed by atoms with Crippen LogP contribution in [0.15, 0.2) is 12.1 Å². The Balaban J connectivity index is 2.13. The van der Waals surface area contributed by atoms with Crippen LogP contribution in [-0.4, -0.2) is 25.6 Å². The third-order valence-electron chi connectivity index (χ3n) is 2.88. The molecular formula is C12H14F2N2O2. The van der Waals surface area contributed by atoms with Crippen molar-refractivity contribution in [1.29, 1.82) is 0 Å². The van der Waals surface area contributed by atoms with Gasteiger partial charge in [-0.05, 0) is 19.4 Å². The first kappa shape index (κ1) is 12.8. The van der Waals surface area contributed by atoms with Gasteiger partial charge in [0.05, 0.1) is 18.8 Å². The van der Waals surface area contributed by atoms with E-state index in [1.54, 1.807) is 0 Å². The van der Waals surface area contributed by atoms with E-state index in [2.05, 4.69) is 15.4 Å². The fourth-order valence-electron chi connectivity index (χ4n) is 1.91. The van der Waals surface area contributed by atoms with Gasteiger partial charge in [0, 0.05) is 12.1 Å². The van der Waals surface area contributed by atoms with E-state index in [1.807, 2.05) is 0 Å². The molecule has 0 bridgehead atoms. The lowest BCUT2D eigenvalue weighted by molar-refractivity contribution is -0.117. The number of ether oxygens (including phenoxy) is 1. The third kappa shape index (κ3) is 2.59. The first-order valence-corrected chi connectivity index (χ1v) is 5.69. The Morgan fingerprint density at radius 3 is 2.83 bits per heavy atom. The van der Waals surface area contributed by atoms with Gasteiger partial charge in [-0.3, -0.25) is 4.79 Å². The van der Waals surface area contributed by atoms with Crippen LogP contribution >= 0.6 is 0 Å². The molecule has 0 radical (unpaired) electrons. The van der Waals surface area contributed by atoms with E-state index in [-0.39, 0.29) is 23.4 Å². The minimum absolute atomic E-state index is 0.174. The quantitative estimate of drug-likeness (QED) is 0.864. The van der Waals surface area contributed by atoms with E-state index < -0.39 is 11.6 Å². The maximum Gasteiger partial charge on any atom is 0.241 e. The summed E-state index contributed by atoms with van der Waals surface area (Å²) < 4.78 is 31.6. The predicted octanol–water partition coefficient (Wildman–Crippen LogP) is 1.66. The van der Waals surface area contributed by atoms with Crippen molar-refractivity contribution in [3.05, 3.63) is 23.8 Å². The number of carbonyl (C=O) groups excluding carboxylic acids is 1. The van der Waals surface area contributed by atoms with Crippen LogP contribution in [-0.2, 0) is 4.79 Å². The summed E-state index contributed by atoms with van der Waals surface area (Å²) in [6.45, 7) is 0.761. The van der Waals surface area contributed by atoms with Gasteiger partial charge in [-0.15, -0.1) is 0 Å². The topological polar surface area (TPSA) is 50.4 Å². The average Bonchev–Trinajstić information content (AvgIpc) is 2.87. The van der Waals surface area contributed by atoms with Crippen molar-refractivity contribution >= 4 is 11.6 Å². The largest absolute Gasteiger partial charge is 0.494 e. The number of nitrogens with one attached hydrogen (secondary N) is 2. The van der Waals surface area contributed by atoms with Crippen molar-refractivity contribution in [3.63, 3.8) is 0 Å². The average molecular weight is 256 g/mol. The molecule has 0 aromatic heterocycles. The number of hydrogen-bond donors (Lipinski definition) is 2. The molecule has 1 saturated heterocycles. The van der Waals surface area contributed by atoms with Crippen LogP contribution in [0.4, 0.5) is 14.5 Å². The molecule has 0 spiro atoms. The molecule has 1 aromatic carbocycles. The second-order valence-corrected chi connectivity index (χ2v) is 4.10. The molecule has 98 valence electrons. The van der Waals surface area contributed by atoms with Gasteiger partial charge in [0.2, 0.25) is 5.91 Å². The molecule has 18 heavy (non-hydrogen) atoms. The molecule has 4 nitrogen and oxygen atoms in total. The molecule has 1 fully saturated rings. The van der Waals surface area contributed by atoms with Crippen LogP contribution in [0.2, 0.25) is 0 Å². The van der Waals surface area contributed by atoms with Crippen LogP contribution in [0.5, 0.6) is 5.75 Å². The maximum atomic E-state index is 13.6. The van der Waals surface area contributed by atoms with E-state index >= 15 is 0 Å². The molecule has 2 rings (SSSR count). The second kappa shape index (κ2) is 5.30. The summed E-state index contributed by atoms with van der Waals surface area (Å²) in [5, 5.41) is 5.35. The van der Waals surface area contributed by atoms with E-state index in [9.17, 15) is 13.6 Å². The van der Waals surface area contributed by atoms with Crippen LogP contribution in [0, 0.1) is 11.6 Å². The van der Waals surface area contributed by atoms with Crippen molar-refractivity contribution in [3.8, 4) is 5.75 Å². The second-order valence-electron chi connectivity index (χ2n) is 4.10. The zero-order chi connectivity index (χ0) is 13.1. The van der Waals surface area contributed by atoms with Crippen molar-refractivity contribution < 1.29 is 18.3 Å². The highest BCUT2D eigenvalue weighted by atomic mass is 19.1. The molecule has 1 aliphatic rings. The van der Waals surface area contributed by atoms with Gasteiger partial charge in [-0.25, -0.2) is 8.78 Å². The molecule has 6 heteroatoms. The maximum absolute atomic E-state index is 13.6. The van der Waals surface area contributed by atoms with Crippen molar-refractivity contribution in [2.45, 2.75) is 18.9 Å². The summed E-state index contributed by atoms with van der Waals surface area (Å²) in [4.78, 5) is 11.7. The normalized spacial score (nSPS) is 18.7. The summed E-state index contributed by atoms with van der Waals surface area (Å²) in [5.74, 6) is -1.98. The molecule has 1 amide bonds. The van der Waals surface area contributed by atoms with E-state index in [0.717, 1.165) is 25.1 Å². The number of halogens is 2. The first-order chi connectivity index (χ1) is 8.61. The molecule has 1 atom stereocenters. The highest BCUT2D eigenvalue weighted by Crippen LogP contribution is 2.25. The van der Waals surface area contributed by atoms with Crippen LogP contribution in [0.25, 0.3) is 0 Å². The zero-order valence-corrected chi connectivity index (χ0v) is 9.93. The van der Waals surface area contributed by atoms with Gasteiger partial charge in [-0.1, -0.05) is 0 Å². The zero-order valence-electron chi connectivity index (χ0n) is 9.93. The highest BCUT2D eigenvalue weighted by molar-refractivity contribution is 5.95. The van der Waals surface area contributed by atoms with Gasteiger partial charge in [0.25, 0.3) is 0 Å². The number of benzene rings is 1. The Bertz CT molecular complexity index is 460. The molecule has 0 saturated carbocycles. The third-order valence-corrected chi connectivity index (χ3v) is 2.88.